The minimum absolute atomic E-state index is 0.157. The molecule has 1 aromatic heterocycles. The van der Waals surface area contributed by atoms with Crippen LogP contribution < -0.4 is 0 Å². The number of hydrogen-bond donors (Lipinski definition) is 0. The van der Waals surface area contributed by atoms with E-state index in [9.17, 15) is 9.59 Å². The molecular formula is C19H19ClN2O4. The fourth-order valence-electron chi connectivity index (χ4n) is 3.58. The maximum atomic E-state index is 12.7. The number of rotatable bonds is 2. The quantitative estimate of drug-likeness (QED) is 0.804. The number of piperidine rings is 1. The Bertz CT molecular complexity index is 855. The Morgan fingerprint density at radius 1 is 1.15 bits per heavy atom. The molecule has 2 aromatic rings. The van der Waals surface area contributed by atoms with Gasteiger partial charge < -0.3 is 19.0 Å². The maximum Gasteiger partial charge on any atom is 0.410 e. The van der Waals surface area contributed by atoms with Crippen molar-refractivity contribution < 1.29 is 18.7 Å². The first kappa shape index (κ1) is 17.0. The average molecular weight is 375 g/mol. The third-order valence-electron chi connectivity index (χ3n) is 5.06. The van der Waals surface area contributed by atoms with Crippen molar-refractivity contribution in [3.63, 3.8) is 0 Å². The van der Waals surface area contributed by atoms with E-state index in [2.05, 4.69) is 0 Å². The molecule has 2 saturated heterocycles. The molecule has 0 bridgehead atoms. The van der Waals surface area contributed by atoms with Gasteiger partial charge in [-0.1, -0.05) is 23.7 Å². The lowest BCUT2D eigenvalue weighted by Crippen LogP contribution is -2.48. The van der Waals surface area contributed by atoms with Crippen LogP contribution >= 0.6 is 11.6 Å². The van der Waals surface area contributed by atoms with Gasteiger partial charge in [0.15, 0.2) is 5.76 Å². The van der Waals surface area contributed by atoms with E-state index in [0.717, 1.165) is 5.56 Å². The van der Waals surface area contributed by atoms with Crippen molar-refractivity contribution in [2.45, 2.75) is 18.4 Å². The Balaban J connectivity index is 1.45. The van der Waals surface area contributed by atoms with E-state index in [1.54, 1.807) is 35.0 Å². The highest BCUT2D eigenvalue weighted by molar-refractivity contribution is 6.33. The summed E-state index contributed by atoms with van der Waals surface area (Å²) in [5, 5.41) is 0.577. The molecular weight excluding hydrogens is 356 g/mol. The number of furan rings is 1. The normalized spacial score (nSPS) is 19.1. The molecule has 2 aliphatic heterocycles. The number of carbonyl (C=O) groups excluding carboxylic acids is 2. The number of benzene rings is 1. The van der Waals surface area contributed by atoms with Crippen LogP contribution in [0.1, 0.15) is 23.4 Å². The molecule has 3 heterocycles. The van der Waals surface area contributed by atoms with Gasteiger partial charge >= 0.3 is 6.09 Å². The SMILES string of the molecule is CN1CC2(CCN(C(=O)c3ccc(-c4ccccc4Cl)o3)CC2)OC1=O. The van der Waals surface area contributed by atoms with Crippen molar-refractivity contribution in [2.75, 3.05) is 26.7 Å². The van der Waals surface area contributed by atoms with Crippen LogP contribution in [0.3, 0.4) is 0 Å². The van der Waals surface area contributed by atoms with Crippen LogP contribution in [0.25, 0.3) is 11.3 Å². The number of nitrogens with zero attached hydrogens (tertiary/aromatic N) is 2. The van der Waals surface area contributed by atoms with Gasteiger partial charge in [-0.3, -0.25) is 4.79 Å². The monoisotopic (exact) mass is 374 g/mol. The predicted octanol–water partition coefficient (Wildman–Crippen LogP) is 3.66. The molecule has 0 aliphatic carbocycles. The van der Waals surface area contributed by atoms with Crippen LogP contribution in [0.15, 0.2) is 40.8 Å². The van der Waals surface area contributed by atoms with Crippen LogP contribution in [0.4, 0.5) is 4.79 Å². The van der Waals surface area contributed by atoms with Crippen molar-refractivity contribution in [3.8, 4) is 11.3 Å². The highest BCUT2D eigenvalue weighted by Gasteiger charge is 2.46. The van der Waals surface area contributed by atoms with E-state index in [0.29, 0.717) is 43.3 Å². The Hall–Kier alpha value is -2.47. The molecule has 7 heteroatoms. The van der Waals surface area contributed by atoms with E-state index in [1.807, 2.05) is 18.2 Å². The zero-order valence-corrected chi connectivity index (χ0v) is 15.2. The fourth-order valence-corrected chi connectivity index (χ4v) is 3.81. The molecule has 1 aromatic carbocycles. The molecule has 4 rings (SSSR count). The van der Waals surface area contributed by atoms with Crippen LogP contribution in [0.2, 0.25) is 5.02 Å². The van der Waals surface area contributed by atoms with E-state index < -0.39 is 5.60 Å². The molecule has 0 radical (unpaired) electrons. The first-order valence-electron chi connectivity index (χ1n) is 8.56. The topological polar surface area (TPSA) is 63.0 Å². The van der Waals surface area contributed by atoms with Crippen LogP contribution in [0, 0.1) is 0 Å². The Kier molecular flexibility index (Phi) is 4.15. The van der Waals surface area contributed by atoms with E-state index in [4.69, 9.17) is 20.8 Å². The average Bonchev–Trinajstić information content (AvgIpc) is 3.21. The summed E-state index contributed by atoms with van der Waals surface area (Å²) in [7, 11) is 1.73. The summed E-state index contributed by atoms with van der Waals surface area (Å²) >= 11 is 6.19. The Labute approximate surface area is 156 Å². The Morgan fingerprint density at radius 2 is 1.88 bits per heavy atom. The number of likely N-dealkylation sites (N-methyl/N-ethyl adjacent to an activating group) is 1. The lowest BCUT2D eigenvalue weighted by Gasteiger charge is -2.36. The summed E-state index contributed by atoms with van der Waals surface area (Å²) in [6.45, 7) is 1.63. The van der Waals surface area contributed by atoms with Gasteiger partial charge in [0.1, 0.15) is 11.4 Å². The first-order valence-corrected chi connectivity index (χ1v) is 8.93. The summed E-state index contributed by atoms with van der Waals surface area (Å²) in [6, 6.07) is 10.8. The molecule has 0 saturated carbocycles. The molecule has 2 fully saturated rings. The molecule has 0 unspecified atom stereocenters. The zero-order valence-electron chi connectivity index (χ0n) is 14.4. The van der Waals surface area contributed by atoms with Gasteiger partial charge in [0.25, 0.3) is 5.91 Å². The third-order valence-corrected chi connectivity index (χ3v) is 5.39. The highest BCUT2D eigenvalue weighted by Crippen LogP contribution is 2.34. The summed E-state index contributed by atoms with van der Waals surface area (Å²) < 4.78 is 11.3. The standard InChI is InChI=1S/C19H19ClN2O4/c1-21-12-19(26-18(21)24)8-10-22(11-9-19)17(23)16-7-6-15(25-16)13-4-2-3-5-14(13)20/h2-7H,8-12H2,1H3. The fraction of sp³-hybridized carbons (Fsp3) is 0.368. The second kappa shape index (κ2) is 6.36. The van der Waals surface area contributed by atoms with E-state index in [1.165, 1.54) is 0 Å². The van der Waals surface area contributed by atoms with Crippen LogP contribution in [-0.4, -0.2) is 54.1 Å². The van der Waals surface area contributed by atoms with Gasteiger partial charge in [-0.25, -0.2) is 4.79 Å². The van der Waals surface area contributed by atoms with Crippen molar-refractivity contribution in [3.05, 3.63) is 47.2 Å². The summed E-state index contributed by atoms with van der Waals surface area (Å²) in [4.78, 5) is 27.7. The third kappa shape index (κ3) is 2.94. The summed E-state index contributed by atoms with van der Waals surface area (Å²) in [6.07, 6.45) is 0.972. The lowest BCUT2D eigenvalue weighted by molar-refractivity contribution is 0.00232. The second-order valence-electron chi connectivity index (χ2n) is 6.84. The van der Waals surface area contributed by atoms with Crippen molar-refractivity contribution >= 4 is 23.6 Å². The number of likely N-dealkylation sites (tertiary alicyclic amines) is 1. The molecule has 2 amide bonds. The number of halogens is 1. The maximum absolute atomic E-state index is 12.7. The Morgan fingerprint density at radius 3 is 2.54 bits per heavy atom. The molecule has 136 valence electrons. The lowest BCUT2D eigenvalue weighted by atomic mass is 9.91. The van der Waals surface area contributed by atoms with Crippen molar-refractivity contribution in [1.82, 2.24) is 9.80 Å². The predicted molar refractivity (Wildman–Crippen MR) is 96.1 cm³/mol. The molecule has 0 atom stereocenters. The van der Waals surface area contributed by atoms with Gasteiger partial charge in [-0.05, 0) is 24.3 Å². The number of hydrogen-bond acceptors (Lipinski definition) is 4. The largest absolute Gasteiger partial charge is 0.451 e. The van der Waals surface area contributed by atoms with E-state index in [-0.39, 0.29) is 17.8 Å². The number of carbonyl (C=O) groups is 2. The molecule has 6 nitrogen and oxygen atoms in total. The van der Waals surface area contributed by atoms with Crippen molar-refractivity contribution in [1.29, 1.82) is 0 Å². The smallest absolute Gasteiger partial charge is 0.410 e. The van der Waals surface area contributed by atoms with Gasteiger partial charge in [-0.2, -0.15) is 0 Å². The zero-order chi connectivity index (χ0) is 18.3. The second-order valence-corrected chi connectivity index (χ2v) is 7.25. The van der Waals surface area contributed by atoms with Gasteiger partial charge in [0.05, 0.1) is 11.6 Å². The first-order chi connectivity index (χ1) is 12.5. The van der Waals surface area contributed by atoms with Crippen LogP contribution in [0.5, 0.6) is 0 Å². The van der Waals surface area contributed by atoms with Crippen molar-refractivity contribution in [2.24, 2.45) is 0 Å². The molecule has 26 heavy (non-hydrogen) atoms. The van der Waals surface area contributed by atoms with Gasteiger partial charge in [-0.15, -0.1) is 0 Å². The summed E-state index contributed by atoms with van der Waals surface area (Å²) in [5.74, 6) is 0.700. The summed E-state index contributed by atoms with van der Waals surface area (Å²) in [5.41, 5.74) is 0.292. The highest BCUT2D eigenvalue weighted by atomic mass is 35.5. The van der Waals surface area contributed by atoms with Gasteiger partial charge in [0, 0.05) is 38.5 Å². The van der Waals surface area contributed by atoms with Gasteiger partial charge in [0.2, 0.25) is 0 Å². The molecule has 2 aliphatic rings. The molecule has 1 spiro atoms. The minimum Gasteiger partial charge on any atom is -0.451 e. The van der Waals surface area contributed by atoms with E-state index >= 15 is 0 Å². The minimum atomic E-state index is -0.464. The number of ether oxygens (including phenoxy) is 1. The van der Waals surface area contributed by atoms with Crippen LogP contribution in [-0.2, 0) is 4.74 Å². The number of amides is 2. The molecule has 0 N–H and O–H groups in total.